The highest BCUT2D eigenvalue weighted by Gasteiger charge is 2.01. The van der Waals surface area contributed by atoms with Crippen LogP contribution in [-0.4, -0.2) is 32.5 Å². The molecule has 2 aromatic heterocycles. The topological polar surface area (TPSA) is 70.6 Å². The first-order chi connectivity index (χ1) is 10.2. The van der Waals surface area contributed by atoms with Crippen molar-refractivity contribution in [2.24, 2.45) is 4.99 Å². The molecule has 5 nitrogen and oxygen atoms in total. The second-order valence-electron chi connectivity index (χ2n) is 4.70. The first-order valence-corrected chi connectivity index (χ1v) is 6.66. The minimum absolute atomic E-state index is 0.0202. The molecule has 0 bridgehead atoms. The third-order valence-electron chi connectivity index (χ3n) is 3.24. The quantitative estimate of drug-likeness (QED) is 0.722. The van der Waals surface area contributed by atoms with E-state index in [0.717, 1.165) is 17.6 Å². The van der Waals surface area contributed by atoms with Crippen molar-refractivity contribution < 1.29 is 10.2 Å². The molecular formula is C16H15N3O2. The number of aromatic nitrogens is 2. The number of hydrogen-bond donors (Lipinski definition) is 2. The van der Waals surface area contributed by atoms with Gasteiger partial charge in [-0.2, -0.15) is 0 Å². The standard InChI is InChI=1S/C16H15N3O2/c20-14-4-3-13(15(21)10-14)11-17-7-9-19-8-5-12-2-1-6-18-16(12)19/h1-6,8,10-11,20-21H,7,9H2. The lowest BCUT2D eigenvalue weighted by Gasteiger charge is -2.02. The number of rotatable bonds is 4. The van der Waals surface area contributed by atoms with Crippen molar-refractivity contribution in [2.45, 2.75) is 6.54 Å². The largest absolute Gasteiger partial charge is 0.508 e. The number of nitrogens with zero attached hydrogens (tertiary/aromatic N) is 3. The van der Waals surface area contributed by atoms with Gasteiger partial charge in [-0.15, -0.1) is 0 Å². The summed E-state index contributed by atoms with van der Waals surface area (Å²) >= 11 is 0. The Bertz CT molecular complexity index is 793. The van der Waals surface area contributed by atoms with Gasteiger partial charge in [-0.05, 0) is 30.3 Å². The molecule has 0 atom stereocenters. The average Bonchev–Trinajstić information content (AvgIpc) is 2.89. The normalized spacial score (nSPS) is 11.4. The number of aromatic hydroxyl groups is 2. The van der Waals surface area contributed by atoms with Gasteiger partial charge >= 0.3 is 0 Å². The molecule has 0 spiro atoms. The molecule has 0 aliphatic rings. The average molecular weight is 281 g/mol. The third-order valence-corrected chi connectivity index (χ3v) is 3.24. The van der Waals surface area contributed by atoms with E-state index in [1.54, 1.807) is 18.5 Å². The highest BCUT2D eigenvalue weighted by molar-refractivity contribution is 5.83. The predicted molar refractivity (Wildman–Crippen MR) is 82.0 cm³/mol. The minimum Gasteiger partial charge on any atom is -0.508 e. The van der Waals surface area contributed by atoms with E-state index >= 15 is 0 Å². The van der Waals surface area contributed by atoms with E-state index in [9.17, 15) is 10.2 Å². The zero-order valence-electron chi connectivity index (χ0n) is 11.3. The molecule has 0 saturated carbocycles. The lowest BCUT2D eigenvalue weighted by atomic mass is 10.2. The van der Waals surface area contributed by atoms with Crippen LogP contribution in [-0.2, 0) is 6.54 Å². The molecule has 0 unspecified atom stereocenters. The van der Waals surface area contributed by atoms with Gasteiger partial charge in [0, 0.05) is 42.2 Å². The Balaban J connectivity index is 1.67. The fourth-order valence-corrected chi connectivity index (χ4v) is 2.17. The van der Waals surface area contributed by atoms with E-state index in [2.05, 4.69) is 9.98 Å². The lowest BCUT2D eigenvalue weighted by Crippen LogP contribution is -2.00. The molecule has 3 aromatic rings. The molecule has 3 rings (SSSR count). The summed E-state index contributed by atoms with van der Waals surface area (Å²) in [5, 5.41) is 20.0. The van der Waals surface area contributed by atoms with Crippen molar-refractivity contribution in [1.82, 2.24) is 9.55 Å². The fraction of sp³-hybridized carbons (Fsp3) is 0.125. The van der Waals surface area contributed by atoms with Gasteiger partial charge < -0.3 is 14.8 Å². The van der Waals surface area contributed by atoms with E-state index in [4.69, 9.17) is 0 Å². The molecule has 2 heterocycles. The van der Waals surface area contributed by atoms with E-state index in [1.807, 2.05) is 29.0 Å². The molecule has 1 aromatic carbocycles. The molecule has 106 valence electrons. The van der Waals surface area contributed by atoms with Gasteiger partial charge in [0.05, 0.1) is 6.54 Å². The second kappa shape index (κ2) is 5.66. The number of benzene rings is 1. The van der Waals surface area contributed by atoms with Crippen molar-refractivity contribution in [1.29, 1.82) is 0 Å². The van der Waals surface area contributed by atoms with Crippen LogP contribution in [0.15, 0.2) is 53.8 Å². The molecule has 0 saturated heterocycles. The van der Waals surface area contributed by atoms with E-state index < -0.39 is 0 Å². The number of phenolic OH excluding ortho intramolecular Hbond substituents is 2. The van der Waals surface area contributed by atoms with Crippen LogP contribution in [0.1, 0.15) is 5.56 Å². The second-order valence-corrected chi connectivity index (χ2v) is 4.70. The monoisotopic (exact) mass is 281 g/mol. The van der Waals surface area contributed by atoms with Crippen LogP contribution in [0, 0.1) is 0 Å². The number of hydrogen-bond acceptors (Lipinski definition) is 4. The van der Waals surface area contributed by atoms with Crippen molar-refractivity contribution in [2.75, 3.05) is 6.54 Å². The van der Waals surface area contributed by atoms with Crippen LogP contribution in [0.25, 0.3) is 11.0 Å². The molecule has 0 aliphatic carbocycles. The first kappa shape index (κ1) is 13.2. The Hall–Kier alpha value is -2.82. The molecule has 2 N–H and O–H groups in total. The van der Waals surface area contributed by atoms with Gasteiger partial charge in [-0.3, -0.25) is 4.99 Å². The summed E-state index contributed by atoms with van der Waals surface area (Å²) in [6.07, 6.45) is 5.37. The van der Waals surface area contributed by atoms with Crippen LogP contribution < -0.4 is 0 Å². The fourth-order valence-electron chi connectivity index (χ4n) is 2.17. The number of phenols is 2. The number of fused-ring (bicyclic) bond motifs is 1. The Kier molecular flexibility index (Phi) is 3.55. The van der Waals surface area contributed by atoms with Crippen molar-refractivity contribution in [3.63, 3.8) is 0 Å². The molecule has 0 radical (unpaired) electrons. The van der Waals surface area contributed by atoms with Gasteiger partial charge in [0.25, 0.3) is 0 Å². The zero-order chi connectivity index (χ0) is 14.7. The summed E-state index contributed by atoms with van der Waals surface area (Å²) in [4.78, 5) is 8.64. The van der Waals surface area contributed by atoms with E-state index in [0.29, 0.717) is 12.1 Å². The van der Waals surface area contributed by atoms with Crippen molar-refractivity contribution in [3.05, 3.63) is 54.4 Å². The van der Waals surface area contributed by atoms with Crippen LogP contribution in [0.5, 0.6) is 11.5 Å². The van der Waals surface area contributed by atoms with E-state index in [-0.39, 0.29) is 11.5 Å². The number of aliphatic imine (C=N–C) groups is 1. The molecule has 0 aliphatic heterocycles. The summed E-state index contributed by atoms with van der Waals surface area (Å²) in [5.41, 5.74) is 1.53. The highest BCUT2D eigenvalue weighted by atomic mass is 16.3. The summed E-state index contributed by atoms with van der Waals surface area (Å²) in [6.45, 7) is 1.30. The van der Waals surface area contributed by atoms with Crippen LogP contribution in [0.2, 0.25) is 0 Å². The van der Waals surface area contributed by atoms with Crippen molar-refractivity contribution >= 4 is 17.2 Å². The number of pyridine rings is 1. The van der Waals surface area contributed by atoms with Crippen LogP contribution in [0.4, 0.5) is 0 Å². The maximum atomic E-state index is 9.65. The summed E-state index contributed by atoms with van der Waals surface area (Å²) in [7, 11) is 0. The highest BCUT2D eigenvalue weighted by Crippen LogP contribution is 2.20. The van der Waals surface area contributed by atoms with Gasteiger partial charge in [-0.1, -0.05) is 0 Å². The summed E-state index contributed by atoms with van der Waals surface area (Å²) in [5.74, 6) is 0.0568. The third kappa shape index (κ3) is 2.86. The Morgan fingerprint density at radius 3 is 2.95 bits per heavy atom. The Morgan fingerprint density at radius 1 is 1.19 bits per heavy atom. The predicted octanol–water partition coefficient (Wildman–Crippen LogP) is 2.57. The minimum atomic E-state index is 0.0202. The molecule has 0 amide bonds. The SMILES string of the molecule is Oc1ccc(C=NCCn2ccc3cccnc32)c(O)c1. The van der Waals surface area contributed by atoms with Crippen LogP contribution in [0.3, 0.4) is 0 Å². The molecule has 0 fully saturated rings. The first-order valence-electron chi connectivity index (χ1n) is 6.66. The zero-order valence-corrected chi connectivity index (χ0v) is 11.3. The van der Waals surface area contributed by atoms with Gasteiger partial charge in [0.15, 0.2) is 0 Å². The van der Waals surface area contributed by atoms with Crippen LogP contribution >= 0.6 is 0 Å². The van der Waals surface area contributed by atoms with Crippen molar-refractivity contribution in [3.8, 4) is 11.5 Å². The Labute approximate surface area is 121 Å². The van der Waals surface area contributed by atoms with Gasteiger partial charge in [0.1, 0.15) is 17.1 Å². The molecular weight excluding hydrogens is 266 g/mol. The smallest absolute Gasteiger partial charge is 0.139 e. The summed E-state index contributed by atoms with van der Waals surface area (Å²) in [6, 6.07) is 10.4. The van der Waals surface area contributed by atoms with Gasteiger partial charge in [-0.25, -0.2) is 4.98 Å². The maximum absolute atomic E-state index is 9.65. The van der Waals surface area contributed by atoms with Gasteiger partial charge in [0.2, 0.25) is 0 Å². The summed E-state index contributed by atoms with van der Waals surface area (Å²) < 4.78 is 2.04. The molecule has 21 heavy (non-hydrogen) atoms. The maximum Gasteiger partial charge on any atom is 0.139 e. The van der Waals surface area contributed by atoms with E-state index in [1.165, 1.54) is 12.1 Å². The Morgan fingerprint density at radius 2 is 2.10 bits per heavy atom. The molecule has 5 heteroatoms. The lowest BCUT2D eigenvalue weighted by molar-refractivity contribution is 0.450.